The fourth-order valence-corrected chi connectivity index (χ4v) is 3.22. The Morgan fingerprint density at radius 2 is 1.62 bits per heavy atom. The van der Waals surface area contributed by atoms with Gasteiger partial charge in [-0.25, -0.2) is 4.39 Å². The van der Waals surface area contributed by atoms with Crippen LogP contribution in [0.5, 0.6) is 5.75 Å². The van der Waals surface area contributed by atoms with Gasteiger partial charge in [-0.2, -0.15) is 0 Å². The van der Waals surface area contributed by atoms with Gasteiger partial charge in [-0.1, -0.05) is 28.1 Å². The Morgan fingerprint density at radius 1 is 1.05 bits per heavy atom. The molecule has 0 radical (unpaired) electrons. The SMILES string of the molecule is CNC(c1cc(F)cc(Br)c1)c1cc(C)c(OC)c(C)c1. The van der Waals surface area contributed by atoms with Crippen molar-refractivity contribution < 1.29 is 9.13 Å². The second kappa shape index (κ2) is 6.58. The van der Waals surface area contributed by atoms with Gasteiger partial charge in [0.2, 0.25) is 0 Å². The highest BCUT2D eigenvalue weighted by Gasteiger charge is 2.16. The van der Waals surface area contributed by atoms with Crippen LogP contribution in [0.4, 0.5) is 4.39 Å². The number of benzene rings is 2. The molecule has 0 saturated heterocycles. The van der Waals surface area contributed by atoms with E-state index in [1.165, 1.54) is 6.07 Å². The van der Waals surface area contributed by atoms with Crippen molar-refractivity contribution in [3.8, 4) is 5.75 Å². The maximum atomic E-state index is 13.6. The molecule has 1 N–H and O–H groups in total. The highest BCUT2D eigenvalue weighted by molar-refractivity contribution is 9.10. The molecule has 21 heavy (non-hydrogen) atoms. The Bertz CT molecular complexity index is 614. The van der Waals surface area contributed by atoms with Crippen molar-refractivity contribution in [2.45, 2.75) is 19.9 Å². The summed E-state index contributed by atoms with van der Waals surface area (Å²) in [6, 6.07) is 9.03. The zero-order chi connectivity index (χ0) is 15.6. The predicted molar refractivity (Wildman–Crippen MR) is 87.5 cm³/mol. The minimum absolute atomic E-state index is 0.0692. The molecule has 2 rings (SSSR count). The third-order valence-electron chi connectivity index (χ3n) is 3.53. The topological polar surface area (TPSA) is 21.3 Å². The molecule has 2 aromatic rings. The maximum Gasteiger partial charge on any atom is 0.124 e. The van der Waals surface area contributed by atoms with Crippen LogP contribution in [0.2, 0.25) is 0 Å². The summed E-state index contributed by atoms with van der Waals surface area (Å²) in [7, 11) is 3.55. The van der Waals surface area contributed by atoms with Crippen LogP contribution in [-0.4, -0.2) is 14.2 Å². The van der Waals surface area contributed by atoms with E-state index in [1.807, 2.05) is 27.0 Å². The first-order valence-electron chi connectivity index (χ1n) is 6.74. The Labute approximate surface area is 133 Å². The van der Waals surface area contributed by atoms with E-state index in [9.17, 15) is 4.39 Å². The molecule has 4 heteroatoms. The van der Waals surface area contributed by atoms with Gasteiger partial charge in [-0.3, -0.25) is 0 Å². The van der Waals surface area contributed by atoms with Gasteiger partial charge in [-0.15, -0.1) is 0 Å². The first kappa shape index (κ1) is 16.0. The summed E-state index contributed by atoms with van der Waals surface area (Å²) >= 11 is 3.35. The van der Waals surface area contributed by atoms with Crippen molar-refractivity contribution >= 4 is 15.9 Å². The summed E-state index contributed by atoms with van der Waals surface area (Å²) in [6.45, 7) is 4.03. The van der Waals surface area contributed by atoms with E-state index >= 15 is 0 Å². The Morgan fingerprint density at radius 3 is 2.10 bits per heavy atom. The summed E-state index contributed by atoms with van der Waals surface area (Å²) in [6.07, 6.45) is 0. The molecule has 0 bridgehead atoms. The molecule has 2 aromatic carbocycles. The van der Waals surface area contributed by atoms with E-state index < -0.39 is 0 Å². The van der Waals surface area contributed by atoms with E-state index in [4.69, 9.17) is 4.74 Å². The number of ether oxygens (including phenoxy) is 1. The average Bonchev–Trinajstić information content (AvgIpc) is 2.38. The lowest BCUT2D eigenvalue weighted by atomic mass is 9.95. The molecule has 112 valence electrons. The fourth-order valence-electron chi connectivity index (χ4n) is 2.74. The van der Waals surface area contributed by atoms with Gasteiger partial charge in [0, 0.05) is 4.47 Å². The van der Waals surface area contributed by atoms with Gasteiger partial charge in [0.15, 0.2) is 0 Å². The van der Waals surface area contributed by atoms with Crippen LogP contribution >= 0.6 is 15.9 Å². The molecule has 1 atom stereocenters. The number of methoxy groups -OCH3 is 1. The lowest BCUT2D eigenvalue weighted by molar-refractivity contribution is 0.408. The predicted octanol–water partition coefficient (Wildman–Crippen LogP) is 4.52. The molecule has 0 aromatic heterocycles. The highest BCUT2D eigenvalue weighted by atomic mass is 79.9. The van der Waals surface area contributed by atoms with Crippen LogP contribution < -0.4 is 10.1 Å². The number of aryl methyl sites for hydroxylation is 2. The molecule has 2 nitrogen and oxygen atoms in total. The molecule has 0 aliphatic carbocycles. The van der Waals surface area contributed by atoms with Crippen LogP contribution in [0.1, 0.15) is 28.3 Å². The zero-order valence-electron chi connectivity index (χ0n) is 12.6. The Kier molecular flexibility index (Phi) is 5.01. The normalized spacial score (nSPS) is 12.3. The van der Waals surface area contributed by atoms with Crippen LogP contribution in [0, 0.1) is 19.7 Å². The highest BCUT2D eigenvalue weighted by Crippen LogP contribution is 2.31. The van der Waals surface area contributed by atoms with Crippen LogP contribution in [0.25, 0.3) is 0 Å². The third-order valence-corrected chi connectivity index (χ3v) is 3.98. The van der Waals surface area contributed by atoms with Crippen molar-refractivity contribution in [3.05, 3.63) is 62.9 Å². The van der Waals surface area contributed by atoms with Crippen LogP contribution in [-0.2, 0) is 0 Å². The van der Waals surface area contributed by atoms with Crippen molar-refractivity contribution in [1.82, 2.24) is 5.32 Å². The smallest absolute Gasteiger partial charge is 0.124 e. The Balaban J connectivity index is 2.51. The molecule has 0 heterocycles. The van der Waals surface area contributed by atoms with Gasteiger partial charge in [0.05, 0.1) is 13.2 Å². The number of halogens is 2. The molecule has 1 unspecified atom stereocenters. The molecule has 0 amide bonds. The van der Waals surface area contributed by atoms with E-state index in [0.29, 0.717) is 0 Å². The molecular weight excluding hydrogens is 333 g/mol. The molecule has 0 saturated carbocycles. The summed E-state index contributed by atoms with van der Waals surface area (Å²) in [4.78, 5) is 0. The van der Waals surface area contributed by atoms with Gasteiger partial charge in [-0.05, 0) is 61.3 Å². The first-order valence-corrected chi connectivity index (χ1v) is 7.54. The molecule has 0 fully saturated rings. The van der Waals surface area contributed by atoms with Crippen LogP contribution in [0.15, 0.2) is 34.8 Å². The number of hydrogen-bond donors (Lipinski definition) is 1. The summed E-state index contributed by atoms with van der Waals surface area (Å²) in [5.74, 6) is 0.649. The second-order valence-electron chi connectivity index (χ2n) is 5.11. The van der Waals surface area contributed by atoms with Crippen LogP contribution in [0.3, 0.4) is 0 Å². The van der Waals surface area contributed by atoms with Gasteiger partial charge < -0.3 is 10.1 Å². The number of hydrogen-bond acceptors (Lipinski definition) is 2. The van der Waals surface area contributed by atoms with Crippen molar-refractivity contribution in [2.24, 2.45) is 0 Å². The monoisotopic (exact) mass is 351 g/mol. The van der Waals surface area contributed by atoms with Gasteiger partial charge in [0.1, 0.15) is 11.6 Å². The maximum absolute atomic E-state index is 13.6. The van der Waals surface area contributed by atoms with E-state index in [1.54, 1.807) is 13.2 Å². The molecule has 0 aliphatic heterocycles. The quantitative estimate of drug-likeness (QED) is 0.873. The van der Waals surface area contributed by atoms with Crippen molar-refractivity contribution in [1.29, 1.82) is 0 Å². The van der Waals surface area contributed by atoms with E-state index in [2.05, 4.69) is 33.4 Å². The summed E-state index contributed by atoms with van der Waals surface area (Å²) < 4.78 is 19.8. The second-order valence-corrected chi connectivity index (χ2v) is 6.03. The third kappa shape index (κ3) is 3.44. The van der Waals surface area contributed by atoms with Crippen molar-refractivity contribution in [2.75, 3.05) is 14.2 Å². The summed E-state index contributed by atoms with van der Waals surface area (Å²) in [5, 5.41) is 3.25. The van der Waals surface area contributed by atoms with Gasteiger partial charge >= 0.3 is 0 Å². The van der Waals surface area contributed by atoms with E-state index in [0.717, 1.165) is 32.5 Å². The van der Waals surface area contributed by atoms with Crippen molar-refractivity contribution in [3.63, 3.8) is 0 Å². The number of nitrogens with one attached hydrogen (secondary N) is 1. The molecular formula is C17H19BrFNO. The van der Waals surface area contributed by atoms with Gasteiger partial charge in [0.25, 0.3) is 0 Å². The summed E-state index contributed by atoms with van der Waals surface area (Å²) in [5.41, 5.74) is 4.12. The minimum Gasteiger partial charge on any atom is -0.496 e. The lowest BCUT2D eigenvalue weighted by Gasteiger charge is -2.20. The largest absolute Gasteiger partial charge is 0.496 e. The fraction of sp³-hybridized carbons (Fsp3) is 0.294. The Hall–Kier alpha value is -1.39. The van der Waals surface area contributed by atoms with E-state index in [-0.39, 0.29) is 11.9 Å². The minimum atomic E-state index is -0.249. The average molecular weight is 352 g/mol. The number of rotatable bonds is 4. The molecule has 0 aliphatic rings. The standard InChI is InChI=1S/C17H19BrFNO/c1-10-5-12(6-11(2)17(10)21-4)16(20-3)13-7-14(18)9-15(19)8-13/h5-9,16,20H,1-4H3. The zero-order valence-corrected chi connectivity index (χ0v) is 14.2. The lowest BCUT2D eigenvalue weighted by Crippen LogP contribution is -2.18. The first-order chi connectivity index (χ1) is 9.96. The molecule has 0 spiro atoms.